The molecule has 0 aliphatic rings. The molecule has 0 amide bonds. The molecule has 0 unspecified atom stereocenters. The molecule has 0 spiro atoms. The van der Waals surface area contributed by atoms with Crippen LogP contribution in [0.1, 0.15) is 23.7 Å². The SMILES string of the molecule is CCc1cc(CN)cc(N(C)Cc2csc(Br)c2)n1. The lowest BCUT2D eigenvalue weighted by Crippen LogP contribution is -2.18. The van der Waals surface area contributed by atoms with Crippen LogP contribution in [0, 0.1) is 0 Å². The van der Waals surface area contributed by atoms with Gasteiger partial charge in [-0.05, 0) is 57.1 Å². The van der Waals surface area contributed by atoms with Crippen molar-refractivity contribution in [1.82, 2.24) is 4.98 Å². The van der Waals surface area contributed by atoms with Crippen LogP contribution in [0.2, 0.25) is 0 Å². The van der Waals surface area contributed by atoms with E-state index in [0.29, 0.717) is 6.54 Å². The van der Waals surface area contributed by atoms with Crippen LogP contribution in [0.15, 0.2) is 27.4 Å². The maximum atomic E-state index is 5.75. The van der Waals surface area contributed by atoms with E-state index >= 15 is 0 Å². The normalized spacial score (nSPS) is 10.7. The van der Waals surface area contributed by atoms with E-state index in [4.69, 9.17) is 5.73 Å². The average Bonchev–Trinajstić information content (AvgIpc) is 2.83. The van der Waals surface area contributed by atoms with Crippen LogP contribution in [0.25, 0.3) is 0 Å². The second-order valence-corrected chi connectivity index (χ2v) is 6.79. The summed E-state index contributed by atoms with van der Waals surface area (Å²) >= 11 is 5.20. The van der Waals surface area contributed by atoms with Crippen LogP contribution in [0.3, 0.4) is 0 Å². The predicted molar refractivity (Wildman–Crippen MR) is 85.6 cm³/mol. The summed E-state index contributed by atoms with van der Waals surface area (Å²) in [6.45, 7) is 3.52. The second kappa shape index (κ2) is 6.50. The molecular formula is C14H18BrN3S. The molecule has 0 aliphatic heterocycles. The molecule has 102 valence electrons. The number of hydrogen-bond donors (Lipinski definition) is 1. The van der Waals surface area contributed by atoms with Crippen LogP contribution in [0.5, 0.6) is 0 Å². The van der Waals surface area contributed by atoms with Gasteiger partial charge in [-0.1, -0.05) is 6.92 Å². The molecule has 0 bridgehead atoms. The smallest absolute Gasteiger partial charge is 0.129 e. The molecule has 5 heteroatoms. The van der Waals surface area contributed by atoms with Gasteiger partial charge >= 0.3 is 0 Å². The van der Waals surface area contributed by atoms with Crippen LogP contribution >= 0.6 is 27.3 Å². The molecule has 0 aromatic carbocycles. The molecule has 0 aliphatic carbocycles. The zero-order valence-electron chi connectivity index (χ0n) is 11.2. The highest BCUT2D eigenvalue weighted by molar-refractivity contribution is 9.11. The number of pyridine rings is 1. The number of halogens is 1. The number of anilines is 1. The Morgan fingerprint density at radius 1 is 1.32 bits per heavy atom. The summed E-state index contributed by atoms with van der Waals surface area (Å²) in [6.07, 6.45) is 0.929. The minimum absolute atomic E-state index is 0.556. The summed E-state index contributed by atoms with van der Waals surface area (Å²) < 4.78 is 1.16. The summed E-state index contributed by atoms with van der Waals surface area (Å²) in [7, 11) is 2.06. The summed E-state index contributed by atoms with van der Waals surface area (Å²) in [5.41, 5.74) is 9.27. The van der Waals surface area contributed by atoms with Gasteiger partial charge in [-0.15, -0.1) is 11.3 Å². The molecule has 2 rings (SSSR count). The fourth-order valence-corrected chi connectivity index (χ4v) is 3.11. The lowest BCUT2D eigenvalue weighted by atomic mass is 10.2. The standard InChI is InChI=1S/C14H18BrN3S/c1-3-12-4-10(7-16)6-14(17-12)18(2)8-11-5-13(15)19-9-11/h4-6,9H,3,7-8,16H2,1-2H3. The third-order valence-electron chi connectivity index (χ3n) is 2.96. The Bertz CT molecular complexity index is 531. The highest BCUT2D eigenvalue weighted by Gasteiger charge is 2.08. The molecule has 3 nitrogen and oxygen atoms in total. The maximum Gasteiger partial charge on any atom is 0.129 e. The van der Waals surface area contributed by atoms with Crippen molar-refractivity contribution in [3.8, 4) is 0 Å². The van der Waals surface area contributed by atoms with Gasteiger partial charge in [-0.25, -0.2) is 4.98 Å². The van der Waals surface area contributed by atoms with Crippen molar-refractivity contribution >= 4 is 33.1 Å². The quantitative estimate of drug-likeness (QED) is 0.905. The average molecular weight is 340 g/mol. The van der Waals surface area contributed by atoms with E-state index in [1.165, 1.54) is 5.56 Å². The lowest BCUT2D eigenvalue weighted by molar-refractivity contribution is 0.877. The Morgan fingerprint density at radius 2 is 2.11 bits per heavy atom. The van der Waals surface area contributed by atoms with E-state index < -0.39 is 0 Å². The van der Waals surface area contributed by atoms with Gasteiger partial charge in [0.15, 0.2) is 0 Å². The fourth-order valence-electron chi connectivity index (χ4n) is 1.91. The number of aryl methyl sites for hydroxylation is 1. The van der Waals surface area contributed by atoms with Crippen LogP contribution in [0.4, 0.5) is 5.82 Å². The Morgan fingerprint density at radius 3 is 2.68 bits per heavy atom. The van der Waals surface area contributed by atoms with Gasteiger partial charge in [0.05, 0.1) is 3.79 Å². The van der Waals surface area contributed by atoms with Gasteiger partial charge in [-0.2, -0.15) is 0 Å². The number of hydrogen-bond acceptors (Lipinski definition) is 4. The highest BCUT2D eigenvalue weighted by Crippen LogP contribution is 2.23. The maximum absolute atomic E-state index is 5.75. The topological polar surface area (TPSA) is 42.1 Å². The molecular weight excluding hydrogens is 322 g/mol. The number of rotatable bonds is 5. The third kappa shape index (κ3) is 3.78. The van der Waals surface area contributed by atoms with Crippen molar-refractivity contribution in [3.05, 3.63) is 44.2 Å². The number of nitrogens with two attached hydrogens (primary N) is 1. The van der Waals surface area contributed by atoms with Gasteiger partial charge in [0.2, 0.25) is 0 Å². The first-order chi connectivity index (χ1) is 9.12. The van der Waals surface area contributed by atoms with Crippen molar-refractivity contribution in [2.75, 3.05) is 11.9 Å². The minimum atomic E-state index is 0.556. The number of nitrogens with zero attached hydrogens (tertiary/aromatic N) is 2. The monoisotopic (exact) mass is 339 g/mol. The van der Waals surface area contributed by atoms with Crippen molar-refractivity contribution in [3.63, 3.8) is 0 Å². The van der Waals surface area contributed by atoms with Crippen molar-refractivity contribution in [2.24, 2.45) is 5.73 Å². The Labute approximate surface area is 126 Å². The summed E-state index contributed by atoms with van der Waals surface area (Å²) in [4.78, 5) is 6.82. The Kier molecular flexibility index (Phi) is 4.96. The van der Waals surface area contributed by atoms with Gasteiger partial charge in [0, 0.05) is 25.8 Å². The highest BCUT2D eigenvalue weighted by atomic mass is 79.9. The molecule has 2 heterocycles. The van der Waals surface area contributed by atoms with E-state index in [2.05, 4.69) is 63.4 Å². The third-order valence-corrected chi connectivity index (χ3v) is 4.51. The summed E-state index contributed by atoms with van der Waals surface area (Å²) in [6, 6.07) is 6.30. The van der Waals surface area contributed by atoms with Gasteiger partial charge in [0.1, 0.15) is 5.82 Å². The van der Waals surface area contributed by atoms with Gasteiger partial charge < -0.3 is 10.6 Å². The Balaban J connectivity index is 2.20. The zero-order valence-corrected chi connectivity index (χ0v) is 13.6. The molecule has 0 fully saturated rings. The van der Waals surface area contributed by atoms with Crippen molar-refractivity contribution in [1.29, 1.82) is 0 Å². The summed E-state index contributed by atoms with van der Waals surface area (Å²) in [5, 5.41) is 2.16. The fraction of sp³-hybridized carbons (Fsp3) is 0.357. The molecule has 2 N–H and O–H groups in total. The molecule has 0 saturated carbocycles. The number of aromatic nitrogens is 1. The first kappa shape index (κ1) is 14.5. The molecule has 0 saturated heterocycles. The number of thiophene rings is 1. The van der Waals surface area contributed by atoms with Crippen LogP contribution in [-0.2, 0) is 19.5 Å². The molecule has 2 aromatic rings. The van der Waals surface area contributed by atoms with E-state index in [-0.39, 0.29) is 0 Å². The van der Waals surface area contributed by atoms with E-state index in [1.54, 1.807) is 11.3 Å². The van der Waals surface area contributed by atoms with Crippen LogP contribution in [-0.4, -0.2) is 12.0 Å². The van der Waals surface area contributed by atoms with Gasteiger partial charge in [-0.3, -0.25) is 0 Å². The Hall–Kier alpha value is -0.910. The molecule has 0 radical (unpaired) electrons. The molecule has 0 atom stereocenters. The first-order valence-corrected chi connectivity index (χ1v) is 7.93. The van der Waals surface area contributed by atoms with E-state index in [0.717, 1.165) is 33.8 Å². The van der Waals surface area contributed by atoms with E-state index in [9.17, 15) is 0 Å². The molecule has 2 aromatic heterocycles. The first-order valence-electron chi connectivity index (χ1n) is 6.26. The predicted octanol–water partition coefficient (Wildman–Crippen LogP) is 3.56. The second-order valence-electron chi connectivity index (χ2n) is 4.50. The van der Waals surface area contributed by atoms with Crippen molar-refractivity contribution < 1.29 is 0 Å². The lowest BCUT2D eigenvalue weighted by Gasteiger charge is -2.19. The zero-order chi connectivity index (χ0) is 13.8. The largest absolute Gasteiger partial charge is 0.355 e. The summed E-state index contributed by atoms with van der Waals surface area (Å²) in [5.74, 6) is 0.988. The van der Waals surface area contributed by atoms with E-state index in [1.807, 2.05) is 0 Å². The molecule has 19 heavy (non-hydrogen) atoms. The van der Waals surface area contributed by atoms with Crippen LogP contribution < -0.4 is 10.6 Å². The van der Waals surface area contributed by atoms with Crippen molar-refractivity contribution in [2.45, 2.75) is 26.4 Å². The minimum Gasteiger partial charge on any atom is -0.355 e. The van der Waals surface area contributed by atoms with Gasteiger partial charge in [0.25, 0.3) is 0 Å².